The van der Waals surface area contributed by atoms with Crippen molar-refractivity contribution in [3.05, 3.63) is 46.0 Å². The monoisotopic (exact) mass is 563 g/mol. The molecular weight excluding hydrogens is 550 g/mol. The topological polar surface area (TPSA) is 183 Å². The van der Waals surface area contributed by atoms with Crippen LogP contribution >= 0.6 is 23.2 Å². The van der Waals surface area contributed by atoms with Gasteiger partial charge in [0.05, 0.1) is 6.33 Å². The lowest BCUT2D eigenvalue weighted by atomic mass is 9.93. The van der Waals surface area contributed by atoms with Gasteiger partial charge in [-0.05, 0) is 23.7 Å². The van der Waals surface area contributed by atoms with Crippen LogP contribution in [0.4, 0.5) is 19.0 Å². The van der Waals surface area contributed by atoms with E-state index in [1.54, 1.807) is 0 Å². The molecule has 1 aliphatic carbocycles. The van der Waals surface area contributed by atoms with Gasteiger partial charge in [-0.25, -0.2) is 27.7 Å². The maximum Gasteiger partial charge on any atom is 0.348 e. The molecular formula is C20H14Cl2F3N5O7. The number of nitrogens with two attached hydrogens (primary N) is 1. The van der Waals surface area contributed by atoms with Crippen LogP contribution in [0.25, 0.3) is 11.2 Å². The van der Waals surface area contributed by atoms with E-state index in [1.807, 2.05) is 0 Å². The first-order valence-corrected chi connectivity index (χ1v) is 11.0. The Morgan fingerprint density at radius 3 is 2.38 bits per heavy atom. The molecule has 5 atom stereocenters. The van der Waals surface area contributed by atoms with Crippen LogP contribution in [0.1, 0.15) is 11.8 Å². The van der Waals surface area contributed by atoms with Crippen molar-refractivity contribution < 1.29 is 47.6 Å². The van der Waals surface area contributed by atoms with Crippen LogP contribution < -0.4 is 5.73 Å². The highest BCUT2D eigenvalue weighted by Gasteiger charge is 2.80. The first-order chi connectivity index (χ1) is 17.3. The van der Waals surface area contributed by atoms with Gasteiger partial charge in [0.25, 0.3) is 5.60 Å². The Bertz CT molecular complexity index is 1440. The van der Waals surface area contributed by atoms with E-state index < -0.39 is 71.4 Å². The second kappa shape index (κ2) is 8.39. The van der Waals surface area contributed by atoms with E-state index >= 15 is 4.39 Å². The van der Waals surface area contributed by atoms with Crippen molar-refractivity contribution >= 4 is 52.1 Å². The highest BCUT2D eigenvalue weighted by Crippen LogP contribution is 2.58. The first kappa shape index (κ1) is 25.4. The van der Waals surface area contributed by atoms with Gasteiger partial charge in [0.2, 0.25) is 5.28 Å². The fraction of sp³-hybridized carbons (Fsp3) is 0.350. The zero-order chi connectivity index (χ0) is 27.0. The molecule has 5 N–H and O–H groups in total. The van der Waals surface area contributed by atoms with Crippen molar-refractivity contribution in [1.29, 1.82) is 0 Å². The summed E-state index contributed by atoms with van der Waals surface area (Å²) in [5.74, 6) is -7.08. The Morgan fingerprint density at radius 2 is 1.84 bits per heavy atom. The molecule has 17 heteroatoms. The van der Waals surface area contributed by atoms with Crippen LogP contribution in [0.15, 0.2) is 18.5 Å². The molecule has 3 heterocycles. The van der Waals surface area contributed by atoms with Gasteiger partial charge >= 0.3 is 11.9 Å². The number of benzene rings is 1. The van der Waals surface area contributed by atoms with Crippen LogP contribution in [0.5, 0.6) is 0 Å². The summed E-state index contributed by atoms with van der Waals surface area (Å²) in [6, 6.07) is 1.30. The molecule has 0 radical (unpaired) electrons. The minimum Gasteiger partial charge on any atom is -0.479 e. The quantitative estimate of drug-likeness (QED) is 0.241. The third kappa shape index (κ3) is 3.68. The number of alkyl halides is 1. The molecule has 0 amide bonds. The number of fused-ring (bicyclic) bond motifs is 2. The summed E-state index contributed by atoms with van der Waals surface area (Å²) >= 11 is 11.4. The Hall–Kier alpha value is -3.24. The number of imidazole rings is 1. The Balaban J connectivity index is 1.45. The molecule has 3 aromatic rings. The van der Waals surface area contributed by atoms with Crippen LogP contribution in [0, 0.1) is 11.6 Å². The summed E-state index contributed by atoms with van der Waals surface area (Å²) in [6.07, 6.45) is -7.54. The maximum absolute atomic E-state index is 15.5. The average Bonchev–Trinajstić information content (AvgIpc) is 3.05. The third-order valence-corrected chi connectivity index (χ3v) is 6.69. The predicted octanol–water partition coefficient (Wildman–Crippen LogP) is 1.51. The maximum atomic E-state index is 15.5. The molecule has 12 nitrogen and oxygen atoms in total. The van der Waals surface area contributed by atoms with Gasteiger partial charge in [0.1, 0.15) is 29.4 Å². The van der Waals surface area contributed by atoms with Crippen molar-refractivity contribution in [2.24, 2.45) is 0 Å². The molecule has 1 saturated carbocycles. The number of carbonyl (C=O) groups is 2. The molecule has 1 aromatic carbocycles. The minimum absolute atomic E-state index is 0.0355. The highest BCUT2D eigenvalue weighted by atomic mass is 35.5. The number of hydrogen-bond donors (Lipinski definition) is 4. The molecule has 0 spiro atoms. The fourth-order valence-electron chi connectivity index (χ4n) is 4.32. The normalized spacial score (nSPS) is 26.9. The number of aliphatic hydroxyl groups is 1. The van der Waals surface area contributed by atoms with Crippen LogP contribution in [-0.2, 0) is 25.5 Å². The van der Waals surface area contributed by atoms with E-state index in [1.165, 1.54) is 0 Å². The van der Waals surface area contributed by atoms with Gasteiger partial charge in [-0.3, -0.25) is 4.57 Å². The number of hydrogen-bond acceptors (Lipinski definition) is 9. The van der Waals surface area contributed by atoms with Gasteiger partial charge in [-0.15, -0.1) is 0 Å². The van der Waals surface area contributed by atoms with Crippen molar-refractivity contribution in [3.63, 3.8) is 0 Å². The van der Waals surface area contributed by atoms with Gasteiger partial charge in [-0.1, -0.05) is 11.6 Å². The number of carboxylic acid groups (broad SMARTS) is 2. The number of nitrogens with zero attached hydrogens (tertiary/aromatic N) is 4. The molecule has 37 heavy (non-hydrogen) atoms. The molecule has 2 fully saturated rings. The summed E-state index contributed by atoms with van der Waals surface area (Å²) in [6.45, 7) is 0. The SMILES string of the molecule is Nc1nc(Cl)nc2c1ncn2[C@@H]1O[C@@H]2C(OC(Cc3c(F)cc(Cl)cc3F)(C(=O)O)C(=O)O)[C@]2(O)[C@@H]1F. The number of aromatic nitrogens is 4. The van der Waals surface area contributed by atoms with Gasteiger partial charge in [0.15, 0.2) is 29.5 Å². The van der Waals surface area contributed by atoms with Crippen molar-refractivity contribution in [3.8, 4) is 0 Å². The van der Waals surface area contributed by atoms with E-state index in [9.17, 15) is 33.7 Å². The first-order valence-electron chi connectivity index (χ1n) is 10.3. The predicted molar refractivity (Wildman–Crippen MR) is 116 cm³/mol. The second-order valence-corrected chi connectivity index (χ2v) is 9.21. The average molecular weight is 564 g/mol. The van der Waals surface area contributed by atoms with E-state index in [0.29, 0.717) is 12.1 Å². The summed E-state index contributed by atoms with van der Waals surface area (Å²) in [7, 11) is 0. The lowest BCUT2D eigenvalue weighted by molar-refractivity contribution is -0.194. The van der Waals surface area contributed by atoms with Crippen LogP contribution in [0.3, 0.4) is 0 Å². The largest absolute Gasteiger partial charge is 0.479 e. The number of anilines is 1. The smallest absolute Gasteiger partial charge is 0.348 e. The molecule has 5 rings (SSSR count). The number of aliphatic carboxylic acids is 2. The van der Waals surface area contributed by atoms with E-state index in [4.69, 9.17) is 38.4 Å². The number of carboxylic acids is 2. The summed E-state index contributed by atoms with van der Waals surface area (Å²) < 4.78 is 55.9. The molecule has 0 bridgehead atoms. The molecule has 196 valence electrons. The Kier molecular flexibility index (Phi) is 5.76. The Labute approximate surface area is 213 Å². The zero-order valence-electron chi connectivity index (χ0n) is 18.0. The fourth-order valence-corrected chi connectivity index (χ4v) is 4.69. The zero-order valence-corrected chi connectivity index (χ0v) is 19.5. The van der Waals surface area contributed by atoms with Crippen LogP contribution in [-0.4, -0.2) is 76.4 Å². The standard InChI is InChI=1S/C20H14Cl2F3N5O7/c21-5-1-7(23)6(8(24)2-5)3-19(16(31)32,17(33)34)37-12-11-20(12,35)10(25)15(36-11)30-4-27-9-13(26)28-18(22)29-14(9)30/h1-2,4,10-12,15,35H,3H2,(H,31,32)(H,33,34)(H2,26,28,29)/t10-,11-,12?,15-,20+/m1/s1. The van der Waals surface area contributed by atoms with Gasteiger partial charge < -0.3 is 30.5 Å². The lowest BCUT2D eigenvalue weighted by Gasteiger charge is -2.29. The Morgan fingerprint density at radius 1 is 1.22 bits per heavy atom. The lowest BCUT2D eigenvalue weighted by Crippen LogP contribution is -2.53. The second-order valence-electron chi connectivity index (χ2n) is 8.44. The molecule has 1 saturated heterocycles. The number of nitrogen functional groups attached to an aromatic ring is 1. The van der Waals surface area contributed by atoms with E-state index in [0.717, 1.165) is 10.9 Å². The van der Waals surface area contributed by atoms with Crippen LogP contribution in [0.2, 0.25) is 10.3 Å². The van der Waals surface area contributed by atoms with Crippen molar-refractivity contribution in [2.45, 2.75) is 42.2 Å². The summed E-state index contributed by atoms with van der Waals surface area (Å²) in [5.41, 5.74) is -1.05. The molecule has 2 aliphatic rings. The highest BCUT2D eigenvalue weighted by molar-refractivity contribution is 6.30. The third-order valence-electron chi connectivity index (χ3n) is 6.30. The van der Waals surface area contributed by atoms with Crippen molar-refractivity contribution in [1.82, 2.24) is 19.5 Å². The van der Waals surface area contributed by atoms with Crippen molar-refractivity contribution in [2.75, 3.05) is 5.73 Å². The molecule has 1 aliphatic heterocycles. The number of ether oxygens (including phenoxy) is 2. The summed E-state index contributed by atoms with van der Waals surface area (Å²) in [5, 5.41) is 29.7. The molecule has 1 unspecified atom stereocenters. The van der Waals surface area contributed by atoms with E-state index in [-0.39, 0.29) is 27.3 Å². The molecule has 2 aromatic heterocycles. The van der Waals surface area contributed by atoms with Gasteiger partial charge in [0, 0.05) is 17.0 Å². The summed E-state index contributed by atoms with van der Waals surface area (Å²) in [4.78, 5) is 35.7. The van der Waals surface area contributed by atoms with Gasteiger partial charge in [-0.2, -0.15) is 9.97 Å². The van der Waals surface area contributed by atoms with E-state index in [2.05, 4.69) is 15.0 Å². The minimum atomic E-state index is -3.32. The number of rotatable bonds is 7. The number of halogens is 5.